The van der Waals surface area contributed by atoms with E-state index in [0.29, 0.717) is 28.7 Å². The Hall–Kier alpha value is -2.75. The van der Waals surface area contributed by atoms with E-state index in [-0.39, 0.29) is 17.1 Å². The van der Waals surface area contributed by atoms with Gasteiger partial charge in [0, 0.05) is 29.1 Å². The first kappa shape index (κ1) is 15.8. The summed E-state index contributed by atoms with van der Waals surface area (Å²) in [6.07, 6.45) is 2.16. The van der Waals surface area contributed by atoms with Crippen LogP contribution in [0.3, 0.4) is 0 Å². The molecule has 1 aromatic heterocycles. The summed E-state index contributed by atoms with van der Waals surface area (Å²) in [6.45, 7) is 2.42. The van der Waals surface area contributed by atoms with Crippen LogP contribution >= 0.6 is 0 Å². The van der Waals surface area contributed by atoms with Crippen molar-refractivity contribution in [3.63, 3.8) is 0 Å². The van der Waals surface area contributed by atoms with Gasteiger partial charge in [-0.05, 0) is 43.5 Å². The van der Waals surface area contributed by atoms with Crippen molar-refractivity contribution in [2.75, 3.05) is 6.54 Å². The SMILES string of the molecule is Cc1cc(C(=O)NCC2(c3ccccc3)CC2)c2ccc(F)cc2n1. The first-order chi connectivity index (χ1) is 12.1. The minimum Gasteiger partial charge on any atom is -0.351 e. The summed E-state index contributed by atoms with van der Waals surface area (Å²) in [5, 5.41) is 3.75. The Morgan fingerprint density at radius 1 is 1.16 bits per heavy atom. The molecule has 0 atom stereocenters. The highest BCUT2D eigenvalue weighted by atomic mass is 19.1. The number of fused-ring (bicyclic) bond motifs is 1. The minimum atomic E-state index is -0.349. The molecule has 1 amide bonds. The third-order valence-electron chi connectivity index (χ3n) is 4.97. The van der Waals surface area contributed by atoms with Crippen LogP contribution in [0.15, 0.2) is 54.6 Å². The van der Waals surface area contributed by atoms with E-state index in [2.05, 4.69) is 22.4 Å². The molecule has 4 heteroatoms. The average molecular weight is 334 g/mol. The van der Waals surface area contributed by atoms with E-state index >= 15 is 0 Å². The average Bonchev–Trinajstić information content (AvgIpc) is 3.40. The molecular weight excluding hydrogens is 315 g/mol. The Kier molecular flexibility index (Phi) is 3.75. The normalized spacial score (nSPS) is 15.1. The van der Waals surface area contributed by atoms with Crippen molar-refractivity contribution in [2.24, 2.45) is 0 Å². The van der Waals surface area contributed by atoms with Gasteiger partial charge in [0.25, 0.3) is 5.91 Å². The molecule has 3 aromatic rings. The van der Waals surface area contributed by atoms with E-state index in [0.717, 1.165) is 12.8 Å². The Morgan fingerprint density at radius 2 is 1.92 bits per heavy atom. The van der Waals surface area contributed by atoms with Crippen LogP contribution in [0.1, 0.15) is 34.5 Å². The lowest BCUT2D eigenvalue weighted by Gasteiger charge is -2.17. The van der Waals surface area contributed by atoms with Crippen molar-refractivity contribution < 1.29 is 9.18 Å². The summed E-state index contributed by atoms with van der Waals surface area (Å²) in [5.41, 5.74) is 3.09. The predicted octanol–water partition coefficient (Wildman–Crippen LogP) is 4.14. The Labute approximate surface area is 145 Å². The molecule has 0 saturated heterocycles. The van der Waals surface area contributed by atoms with Crippen LogP contribution in [0, 0.1) is 12.7 Å². The van der Waals surface area contributed by atoms with Crippen LogP contribution < -0.4 is 5.32 Å². The predicted molar refractivity (Wildman–Crippen MR) is 96.1 cm³/mol. The molecule has 1 N–H and O–H groups in total. The second-order valence-electron chi connectivity index (χ2n) is 6.80. The number of aryl methyl sites for hydroxylation is 1. The van der Waals surface area contributed by atoms with Crippen molar-refractivity contribution in [3.8, 4) is 0 Å². The van der Waals surface area contributed by atoms with Crippen LogP contribution in [0.5, 0.6) is 0 Å². The summed E-state index contributed by atoms with van der Waals surface area (Å²) in [4.78, 5) is 17.1. The zero-order valence-corrected chi connectivity index (χ0v) is 14.1. The summed E-state index contributed by atoms with van der Waals surface area (Å²) in [5.74, 6) is -0.484. The Bertz CT molecular complexity index is 944. The van der Waals surface area contributed by atoms with E-state index in [1.165, 1.54) is 17.7 Å². The molecule has 1 heterocycles. The summed E-state index contributed by atoms with van der Waals surface area (Å²) in [6, 6.07) is 16.4. The molecular formula is C21H19FN2O. The minimum absolute atomic E-state index is 0.0565. The number of aromatic nitrogens is 1. The number of hydrogen-bond acceptors (Lipinski definition) is 2. The maximum Gasteiger partial charge on any atom is 0.252 e. The van der Waals surface area contributed by atoms with Crippen molar-refractivity contribution in [3.05, 3.63) is 77.2 Å². The monoisotopic (exact) mass is 334 g/mol. The zero-order valence-electron chi connectivity index (χ0n) is 14.1. The van der Waals surface area contributed by atoms with Gasteiger partial charge in [0.1, 0.15) is 5.82 Å². The quantitative estimate of drug-likeness (QED) is 0.779. The first-order valence-corrected chi connectivity index (χ1v) is 8.48. The van der Waals surface area contributed by atoms with Gasteiger partial charge in [0.05, 0.1) is 11.1 Å². The van der Waals surface area contributed by atoms with Gasteiger partial charge < -0.3 is 5.32 Å². The Balaban J connectivity index is 1.59. The lowest BCUT2D eigenvalue weighted by atomic mass is 9.96. The second kappa shape index (κ2) is 5.96. The standard InChI is InChI=1S/C21H19FN2O/c1-14-11-18(17-8-7-16(22)12-19(17)24-14)20(25)23-13-21(9-10-21)15-5-3-2-4-6-15/h2-8,11-12H,9-10,13H2,1H3,(H,23,25). The molecule has 25 heavy (non-hydrogen) atoms. The summed E-state index contributed by atoms with van der Waals surface area (Å²) < 4.78 is 13.5. The molecule has 126 valence electrons. The van der Waals surface area contributed by atoms with Gasteiger partial charge in [-0.15, -0.1) is 0 Å². The number of hydrogen-bond donors (Lipinski definition) is 1. The molecule has 0 aliphatic heterocycles. The Morgan fingerprint density at radius 3 is 2.64 bits per heavy atom. The number of benzene rings is 2. The van der Waals surface area contributed by atoms with Crippen LogP contribution in [0.2, 0.25) is 0 Å². The van der Waals surface area contributed by atoms with Gasteiger partial charge in [-0.1, -0.05) is 30.3 Å². The first-order valence-electron chi connectivity index (χ1n) is 8.48. The molecule has 1 fully saturated rings. The van der Waals surface area contributed by atoms with Gasteiger partial charge in [-0.3, -0.25) is 9.78 Å². The van der Waals surface area contributed by atoms with Crippen LogP contribution in [0.25, 0.3) is 10.9 Å². The lowest BCUT2D eigenvalue weighted by Crippen LogP contribution is -2.32. The van der Waals surface area contributed by atoms with E-state index in [4.69, 9.17) is 0 Å². The molecule has 1 aliphatic carbocycles. The number of carbonyl (C=O) groups is 1. The molecule has 3 nitrogen and oxygen atoms in total. The molecule has 0 unspecified atom stereocenters. The largest absolute Gasteiger partial charge is 0.351 e. The topological polar surface area (TPSA) is 42.0 Å². The molecule has 1 aliphatic rings. The van der Waals surface area contributed by atoms with Crippen molar-refractivity contribution in [2.45, 2.75) is 25.2 Å². The van der Waals surface area contributed by atoms with Crippen molar-refractivity contribution in [1.82, 2.24) is 10.3 Å². The number of carbonyl (C=O) groups excluding carboxylic acids is 1. The smallest absolute Gasteiger partial charge is 0.252 e. The molecule has 0 spiro atoms. The highest BCUT2D eigenvalue weighted by Gasteiger charge is 2.44. The number of nitrogens with one attached hydrogen (secondary N) is 1. The van der Waals surface area contributed by atoms with Crippen LogP contribution in [0.4, 0.5) is 4.39 Å². The van der Waals surface area contributed by atoms with E-state index < -0.39 is 0 Å². The number of pyridine rings is 1. The highest BCUT2D eigenvalue weighted by molar-refractivity contribution is 6.06. The number of halogens is 1. The molecule has 0 bridgehead atoms. The second-order valence-corrected chi connectivity index (χ2v) is 6.80. The van der Waals surface area contributed by atoms with E-state index in [9.17, 15) is 9.18 Å². The fourth-order valence-corrected chi connectivity index (χ4v) is 3.38. The van der Waals surface area contributed by atoms with Crippen LogP contribution in [-0.2, 0) is 5.41 Å². The molecule has 4 rings (SSSR count). The lowest BCUT2D eigenvalue weighted by molar-refractivity contribution is 0.0951. The molecule has 1 saturated carbocycles. The van der Waals surface area contributed by atoms with Gasteiger partial charge >= 0.3 is 0 Å². The van der Waals surface area contributed by atoms with E-state index in [1.807, 2.05) is 25.1 Å². The fourth-order valence-electron chi connectivity index (χ4n) is 3.38. The number of rotatable bonds is 4. The van der Waals surface area contributed by atoms with Crippen molar-refractivity contribution in [1.29, 1.82) is 0 Å². The van der Waals surface area contributed by atoms with Gasteiger partial charge in [-0.25, -0.2) is 4.39 Å². The number of amides is 1. The van der Waals surface area contributed by atoms with Gasteiger partial charge in [0.15, 0.2) is 0 Å². The third kappa shape index (κ3) is 3.00. The maximum absolute atomic E-state index is 13.5. The fraction of sp³-hybridized carbons (Fsp3) is 0.238. The zero-order chi connectivity index (χ0) is 17.4. The van der Waals surface area contributed by atoms with Crippen LogP contribution in [-0.4, -0.2) is 17.4 Å². The highest BCUT2D eigenvalue weighted by Crippen LogP contribution is 2.47. The van der Waals surface area contributed by atoms with Crippen molar-refractivity contribution >= 4 is 16.8 Å². The summed E-state index contributed by atoms with van der Waals surface area (Å²) >= 11 is 0. The number of nitrogens with zero attached hydrogens (tertiary/aromatic N) is 1. The summed E-state index contributed by atoms with van der Waals surface area (Å²) in [7, 11) is 0. The molecule has 2 aromatic carbocycles. The van der Waals surface area contributed by atoms with E-state index in [1.54, 1.807) is 12.1 Å². The molecule has 0 radical (unpaired) electrons. The third-order valence-corrected chi connectivity index (χ3v) is 4.97. The van der Waals surface area contributed by atoms with Gasteiger partial charge in [-0.2, -0.15) is 0 Å². The van der Waals surface area contributed by atoms with Gasteiger partial charge in [0.2, 0.25) is 0 Å². The maximum atomic E-state index is 13.5.